The zero-order valence-electron chi connectivity index (χ0n) is 23.0. The Morgan fingerprint density at radius 2 is 0.786 bits per heavy atom. The van der Waals surface area contributed by atoms with Gasteiger partial charge in [-0.1, -0.05) is 24.3 Å². The van der Waals surface area contributed by atoms with Gasteiger partial charge < -0.3 is 18.9 Å². The maximum Gasteiger partial charge on any atom is 0.243 e. The van der Waals surface area contributed by atoms with E-state index >= 15 is 0 Å². The van der Waals surface area contributed by atoms with Gasteiger partial charge in [0.05, 0.1) is 24.0 Å². The third-order valence-corrected chi connectivity index (χ3v) is 10.5. The molecule has 4 aromatic carbocycles. The number of sulfonamides is 2. The van der Waals surface area contributed by atoms with Crippen LogP contribution in [0.4, 0.5) is 0 Å². The van der Waals surface area contributed by atoms with Gasteiger partial charge >= 0.3 is 0 Å². The molecule has 1 aliphatic heterocycles. The van der Waals surface area contributed by atoms with Crippen LogP contribution in [0.25, 0.3) is 0 Å². The average molecular weight is 611 g/mol. The number of nitrogens with zero attached hydrogens (tertiary/aromatic N) is 2. The fourth-order valence-corrected chi connectivity index (χ4v) is 7.31. The van der Waals surface area contributed by atoms with Crippen molar-refractivity contribution in [2.24, 2.45) is 0 Å². The average Bonchev–Trinajstić information content (AvgIpc) is 3.02. The van der Waals surface area contributed by atoms with E-state index in [9.17, 15) is 16.8 Å². The monoisotopic (exact) mass is 610 g/mol. The van der Waals surface area contributed by atoms with Crippen molar-refractivity contribution in [3.8, 4) is 34.5 Å². The Balaban J connectivity index is 1.21. The molecule has 0 unspecified atom stereocenters. The molecule has 1 aliphatic rings. The molecule has 0 amide bonds. The first-order valence-electron chi connectivity index (χ1n) is 13.0. The van der Waals surface area contributed by atoms with Crippen molar-refractivity contribution in [2.75, 3.05) is 40.4 Å². The van der Waals surface area contributed by atoms with Crippen LogP contribution in [-0.4, -0.2) is 65.8 Å². The Hall–Kier alpha value is -4.10. The highest BCUT2D eigenvalue weighted by Gasteiger charge is 2.33. The highest BCUT2D eigenvalue weighted by atomic mass is 32.2. The van der Waals surface area contributed by atoms with Crippen molar-refractivity contribution in [3.05, 3.63) is 97.1 Å². The number of para-hydroxylation sites is 4. The van der Waals surface area contributed by atoms with Gasteiger partial charge in [0.25, 0.3) is 0 Å². The Morgan fingerprint density at radius 1 is 0.476 bits per heavy atom. The van der Waals surface area contributed by atoms with Crippen LogP contribution >= 0.6 is 0 Å². The molecular weight excluding hydrogens is 580 g/mol. The number of benzene rings is 4. The maximum absolute atomic E-state index is 13.3. The molecule has 1 saturated heterocycles. The summed E-state index contributed by atoms with van der Waals surface area (Å²) in [5, 5.41) is 0. The van der Waals surface area contributed by atoms with E-state index < -0.39 is 20.0 Å². The first-order valence-corrected chi connectivity index (χ1v) is 15.9. The van der Waals surface area contributed by atoms with E-state index in [-0.39, 0.29) is 36.0 Å². The van der Waals surface area contributed by atoms with Gasteiger partial charge in [-0.05, 0) is 72.8 Å². The predicted molar refractivity (Wildman–Crippen MR) is 157 cm³/mol. The minimum absolute atomic E-state index is 0.0238. The van der Waals surface area contributed by atoms with Crippen LogP contribution in [0.2, 0.25) is 0 Å². The summed E-state index contributed by atoms with van der Waals surface area (Å²) in [5.74, 6) is 3.03. The van der Waals surface area contributed by atoms with Crippen LogP contribution in [0.1, 0.15) is 0 Å². The Bertz CT molecular complexity index is 1600. The summed E-state index contributed by atoms with van der Waals surface area (Å²) in [6.45, 7) is 0.0953. The predicted octanol–water partition coefficient (Wildman–Crippen LogP) is 4.98. The summed E-state index contributed by atoms with van der Waals surface area (Å²) >= 11 is 0. The van der Waals surface area contributed by atoms with Crippen molar-refractivity contribution in [3.63, 3.8) is 0 Å². The molecule has 220 valence electrons. The lowest BCUT2D eigenvalue weighted by atomic mass is 10.3. The Labute approximate surface area is 245 Å². The number of ether oxygens (including phenoxy) is 4. The lowest BCUT2D eigenvalue weighted by Crippen LogP contribution is -2.50. The number of hydrogen-bond donors (Lipinski definition) is 0. The minimum Gasteiger partial charge on any atom is -0.493 e. The molecule has 0 saturated carbocycles. The van der Waals surface area contributed by atoms with E-state index in [4.69, 9.17) is 18.9 Å². The topological polar surface area (TPSA) is 112 Å². The number of rotatable bonds is 10. The largest absolute Gasteiger partial charge is 0.493 e. The molecule has 0 N–H and O–H groups in total. The van der Waals surface area contributed by atoms with E-state index in [0.29, 0.717) is 34.5 Å². The fraction of sp³-hybridized carbons (Fsp3) is 0.200. The zero-order chi connectivity index (χ0) is 29.7. The van der Waals surface area contributed by atoms with E-state index in [2.05, 4.69) is 0 Å². The third-order valence-electron chi connectivity index (χ3n) is 6.71. The van der Waals surface area contributed by atoms with Crippen LogP contribution in [-0.2, 0) is 20.0 Å². The van der Waals surface area contributed by atoms with Gasteiger partial charge in [0.15, 0.2) is 23.0 Å². The standard InChI is InChI=1S/C30H30N2O8S2/c1-37-27-7-3-5-9-29(27)39-23-11-15-25(16-12-23)41(33,34)31-19-21-32(22-20-31)42(35,36)26-17-13-24(14-18-26)40-30-10-6-4-8-28(30)38-2/h3-18H,19-22H2,1-2H3. The first-order chi connectivity index (χ1) is 20.2. The van der Waals surface area contributed by atoms with Crippen LogP contribution in [0, 0.1) is 0 Å². The highest BCUT2D eigenvalue weighted by Crippen LogP contribution is 2.33. The molecule has 10 nitrogen and oxygen atoms in total. The Morgan fingerprint density at radius 3 is 1.10 bits per heavy atom. The molecular formula is C30H30N2O8S2. The lowest BCUT2D eigenvalue weighted by Gasteiger charge is -2.33. The second-order valence-electron chi connectivity index (χ2n) is 9.26. The minimum atomic E-state index is -3.83. The Kier molecular flexibility index (Phi) is 8.69. The third kappa shape index (κ3) is 6.21. The number of hydrogen-bond acceptors (Lipinski definition) is 8. The lowest BCUT2D eigenvalue weighted by molar-refractivity contribution is 0.273. The van der Waals surface area contributed by atoms with Crippen molar-refractivity contribution in [2.45, 2.75) is 9.79 Å². The normalized spacial score (nSPS) is 14.7. The van der Waals surface area contributed by atoms with Crippen LogP contribution in [0.3, 0.4) is 0 Å². The summed E-state index contributed by atoms with van der Waals surface area (Å²) in [7, 11) is -4.59. The molecule has 1 heterocycles. The summed E-state index contributed by atoms with van der Waals surface area (Å²) < 4.78 is 78.0. The summed E-state index contributed by atoms with van der Waals surface area (Å²) in [5.41, 5.74) is 0. The number of methoxy groups -OCH3 is 2. The number of piperazine rings is 1. The molecule has 5 rings (SSSR count). The molecule has 12 heteroatoms. The van der Waals surface area contributed by atoms with E-state index in [1.807, 2.05) is 24.3 Å². The second-order valence-corrected chi connectivity index (χ2v) is 13.1. The zero-order valence-corrected chi connectivity index (χ0v) is 24.7. The van der Waals surface area contributed by atoms with Crippen LogP contribution in [0.15, 0.2) is 107 Å². The highest BCUT2D eigenvalue weighted by molar-refractivity contribution is 7.89. The molecule has 0 radical (unpaired) electrons. The van der Waals surface area contributed by atoms with Gasteiger partial charge in [0.2, 0.25) is 20.0 Å². The molecule has 4 aromatic rings. The van der Waals surface area contributed by atoms with Gasteiger partial charge in [0, 0.05) is 26.2 Å². The molecule has 0 bridgehead atoms. The van der Waals surface area contributed by atoms with E-state index in [0.717, 1.165) is 0 Å². The summed E-state index contributed by atoms with van der Waals surface area (Å²) in [6, 6.07) is 26.5. The van der Waals surface area contributed by atoms with Crippen LogP contribution < -0.4 is 18.9 Å². The van der Waals surface area contributed by atoms with E-state index in [1.54, 1.807) is 62.8 Å². The van der Waals surface area contributed by atoms with Crippen molar-refractivity contribution < 1.29 is 35.8 Å². The van der Waals surface area contributed by atoms with Gasteiger partial charge in [0.1, 0.15) is 11.5 Å². The maximum atomic E-state index is 13.3. The quantitative estimate of drug-likeness (QED) is 0.247. The van der Waals surface area contributed by atoms with Crippen molar-refractivity contribution >= 4 is 20.0 Å². The van der Waals surface area contributed by atoms with Gasteiger partial charge in [-0.3, -0.25) is 0 Å². The van der Waals surface area contributed by atoms with Gasteiger partial charge in [-0.25, -0.2) is 16.8 Å². The SMILES string of the molecule is COc1ccccc1Oc1ccc(S(=O)(=O)N2CCN(S(=O)(=O)c3ccc(Oc4ccccc4OC)cc3)CC2)cc1. The molecule has 0 aromatic heterocycles. The van der Waals surface area contributed by atoms with Crippen molar-refractivity contribution in [1.29, 1.82) is 0 Å². The summed E-state index contributed by atoms with van der Waals surface area (Å²) in [6.07, 6.45) is 0. The van der Waals surface area contributed by atoms with Gasteiger partial charge in [-0.2, -0.15) is 8.61 Å². The smallest absolute Gasteiger partial charge is 0.243 e. The molecule has 42 heavy (non-hydrogen) atoms. The van der Waals surface area contributed by atoms with Gasteiger partial charge in [-0.15, -0.1) is 0 Å². The molecule has 1 fully saturated rings. The molecule has 0 spiro atoms. The molecule has 0 aliphatic carbocycles. The molecule has 0 atom stereocenters. The van der Waals surface area contributed by atoms with E-state index in [1.165, 1.54) is 32.9 Å². The van der Waals surface area contributed by atoms with Crippen LogP contribution in [0.5, 0.6) is 34.5 Å². The first kappa shape index (κ1) is 29.4. The van der Waals surface area contributed by atoms with Crippen molar-refractivity contribution in [1.82, 2.24) is 8.61 Å². The fourth-order valence-electron chi connectivity index (χ4n) is 4.47. The second kappa shape index (κ2) is 12.4. The summed E-state index contributed by atoms with van der Waals surface area (Å²) in [4.78, 5) is 0.189.